The number of nitrogens with two attached hydrogens (primary N) is 1. The van der Waals surface area contributed by atoms with Crippen molar-refractivity contribution in [1.82, 2.24) is 5.43 Å². The summed E-state index contributed by atoms with van der Waals surface area (Å²) in [5, 5.41) is 0. The lowest BCUT2D eigenvalue weighted by Gasteiger charge is -2.24. The van der Waals surface area contributed by atoms with E-state index in [9.17, 15) is 22.0 Å². The molecule has 1 atom stereocenters. The van der Waals surface area contributed by atoms with Gasteiger partial charge >= 0.3 is 0 Å². The molecule has 2 rings (SSSR count). The van der Waals surface area contributed by atoms with Crippen LogP contribution in [-0.4, -0.2) is 0 Å². The molecule has 106 valence electrons. The summed E-state index contributed by atoms with van der Waals surface area (Å²) in [4.78, 5) is 0. The van der Waals surface area contributed by atoms with E-state index in [0.717, 1.165) is 12.8 Å². The molecular weight excluding hydrogens is 267 g/mol. The lowest BCUT2D eigenvalue weighted by molar-refractivity contribution is 0.317. The van der Waals surface area contributed by atoms with E-state index >= 15 is 0 Å². The molecule has 0 saturated heterocycles. The van der Waals surface area contributed by atoms with E-state index in [2.05, 4.69) is 5.43 Å². The second-order valence-corrected chi connectivity index (χ2v) is 4.67. The smallest absolute Gasteiger partial charge is 0.200 e. The Bertz CT molecular complexity index is 456. The number of benzene rings is 1. The summed E-state index contributed by atoms with van der Waals surface area (Å²) < 4.78 is 66.6. The van der Waals surface area contributed by atoms with E-state index in [1.165, 1.54) is 0 Å². The van der Waals surface area contributed by atoms with Crippen molar-refractivity contribution in [2.75, 3.05) is 0 Å². The molecule has 1 aliphatic rings. The second-order valence-electron chi connectivity index (χ2n) is 4.67. The first-order valence-corrected chi connectivity index (χ1v) is 5.96. The standard InChI is InChI=1S/C12H13F5N2/c13-7-6(8(14)10(16)11(17)9(7)15)12(19-18)5-3-1-2-4-5/h5,12,19H,1-4,18H2. The maximum atomic E-state index is 13.7. The zero-order chi connectivity index (χ0) is 14.2. The van der Waals surface area contributed by atoms with Gasteiger partial charge < -0.3 is 0 Å². The quantitative estimate of drug-likeness (QED) is 0.293. The first kappa shape index (κ1) is 14.2. The van der Waals surface area contributed by atoms with Crippen molar-refractivity contribution in [1.29, 1.82) is 0 Å². The van der Waals surface area contributed by atoms with Crippen molar-refractivity contribution in [2.24, 2.45) is 11.8 Å². The Hall–Kier alpha value is -1.21. The van der Waals surface area contributed by atoms with Crippen LogP contribution in [0.4, 0.5) is 22.0 Å². The Balaban J connectivity index is 2.53. The maximum Gasteiger partial charge on any atom is 0.200 e. The molecule has 0 aromatic heterocycles. The van der Waals surface area contributed by atoms with Crippen LogP contribution >= 0.6 is 0 Å². The van der Waals surface area contributed by atoms with Crippen molar-refractivity contribution < 1.29 is 22.0 Å². The highest BCUT2D eigenvalue weighted by Crippen LogP contribution is 2.38. The van der Waals surface area contributed by atoms with Crippen LogP contribution in [0.15, 0.2) is 0 Å². The average molecular weight is 280 g/mol. The molecule has 1 aromatic rings. The van der Waals surface area contributed by atoms with E-state index in [1.54, 1.807) is 0 Å². The highest BCUT2D eigenvalue weighted by Gasteiger charge is 2.34. The second kappa shape index (κ2) is 5.42. The van der Waals surface area contributed by atoms with Crippen LogP contribution in [0.1, 0.15) is 37.3 Å². The van der Waals surface area contributed by atoms with E-state index in [0.29, 0.717) is 12.8 Å². The van der Waals surface area contributed by atoms with Gasteiger partial charge in [-0.1, -0.05) is 12.8 Å². The predicted molar refractivity (Wildman–Crippen MR) is 58.3 cm³/mol. The predicted octanol–water partition coefficient (Wildman–Crippen LogP) is 3.08. The molecule has 0 spiro atoms. The molecule has 0 bridgehead atoms. The Morgan fingerprint density at radius 2 is 1.26 bits per heavy atom. The fraction of sp³-hybridized carbons (Fsp3) is 0.500. The van der Waals surface area contributed by atoms with E-state index < -0.39 is 40.7 Å². The number of nitrogens with one attached hydrogen (secondary N) is 1. The molecule has 0 heterocycles. The molecule has 3 N–H and O–H groups in total. The van der Waals surface area contributed by atoms with Crippen molar-refractivity contribution in [2.45, 2.75) is 31.7 Å². The van der Waals surface area contributed by atoms with Crippen molar-refractivity contribution >= 4 is 0 Å². The molecule has 1 aliphatic carbocycles. The molecule has 1 saturated carbocycles. The minimum absolute atomic E-state index is 0.238. The molecule has 1 fully saturated rings. The number of rotatable bonds is 3. The lowest BCUT2D eigenvalue weighted by Crippen LogP contribution is -2.34. The van der Waals surface area contributed by atoms with Crippen LogP contribution in [0.5, 0.6) is 0 Å². The Morgan fingerprint density at radius 3 is 1.68 bits per heavy atom. The van der Waals surface area contributed by atoms with Crippen LogP contribution in [-0.2, 0) is 0 Å². The van der Waals surface area contributed by atoms with Gasteiger partial charge in [-0.15, -0.1) is 0 Å². The topological polar surface area (TPSA) is 38.0 Å². The molecule has 7 heteroatoms. The van der Waals surface area contributed by atoms with Crippen LogP contribution in [0.2, 0.25) is 0 Å². The van der Waals surface area contributed by atoms with Gasteiger partial charge in [-0.3, -0.25) is 11.3 Å². The first-order chi connectivity index (χ1) is 8.99. The number of halogens is 5. The SMILES string of the molecule is NNC(c1c(F)c(F)c(F)c(F)c1F)C1CCCC1. The van der Waals surface area contributed by atoms with Gasteiger partial charge in [-0.25, -0.2) is 22.0 Å². The highest BCUT2D eigenvalue weighted by atomic mass is 19.2. The third-order valence-electron chi connectivity index (χ3n) is 3.61. The van der Waals surface area contributed by atoms with Gasteiger partial charge in [0.25, 0.3) is 0 Å². The number of hydrazine groups is 1. The Kier molecular flexibility index (Phi) is 4.05. The summed E-state index contributed by atoms with van der Waals surface area (Å²) in [6.07, 6.45) is 2.96. The van der Waals surface area contributed by atoms with E-state index in [4.69, 9.17) is 5.84 Å². The third kappa shape index (κ3) is 2.32. The van der Waals surface area contributed by atoms with Gasteiger partial charge in [0, 0.05) is 5.56 Å². The lowest BCUT2D eigenvalue weighted by atomic mass is 9.91. The van der Waals surface area contributed by atoms with Crippen LogP contribution in [0.3, 0.4) is 0 Å². The maximum absolute atomic E-state index is 13.7. The molecule has 0 aliphatic heterocycles. The van der Waals surface area contributed by atoms with Gasteiger partial charge in [0.2, 0.25) is 5.82 Å². The molecule has 0 amide bonds. The number of hydrogen-bond acceptors (Lipinski definition) is 2. The van der Waals surface area contributed by atoms with Crippen molar-refractivity contribution in [3.8, 4) is 0 Å². The molecule has 2 nitrogen and oxygen atoms in total. The normalized spacial score (nSPS) is 18.0. The van der Waals surface area contributed by atoms with Gasteiger partial charge in [0.1, 0.15) is 0 Å². The molecule has 0 radical (unpaired) electrons. The van der Waals surface area contributed by atoms with Crippen LogP contribution in [0.25, 0.3) is 0 Å². The Morgan fingerprint density at radius 1 is 0.842 bits per heavy atom. The minimum atomic E-state index is -2.15. The zero-order valence-electron chi connectivity index (χ0n) is 9.95. The third-order valence-corrected chi connectivity index (χ3v) is 3.61. The van der Waals surface area contributed by atoms with Gasteiger partial charge in [0.05, 0.1) is 6.04 Å². The van der Waals surface area contributed by atoms with Gasteiger partial charge in [-0.05, 0) is 18.8 Å². The summed E-state index contributed by atoms with van der Waals surface area (Å²) in [6.45, 7) is 0. The number of hydrogen-bond donors (Lipinski definition) is 2. The van der Waals surface area contributed by atoms with Crippen molar-refractivity contribution in [3.63, 3.8) is 0 Å². The monoisotopic (exact) mass is 280 g/mol. The van der Waals surface area contributed by atoms with E-state index in [-0.39, 0.29) is 5.92 Å². The van der Waals surface area contributed by atoms with Crippen LogP contribution < -0.4 is 11.3 Å². The fourth-order valence-electron chi connectivity index (χ4n) is 2.64. The summed E-state index contributed by atoms with van der Waals surface area (Å²) in [7, 11) is 0. The molecule has 1 unspecified atom stereocenters. The molecule has 1 aromatic carbocycles. The minimum Gasteiger partial charge on any atom is -0.271 e. The zero-order valence-corrected chi connectivity index (χ0v) is 9.95. The van der Waals surface area contributed by atoms with Crippen molar-refractivity contribution in [3.05, 3.63) is 34.6 Å². The van der Waals surface area contributed by atoms with Crippen LogP contribution in [0, 0.1) is 35.0 Å². The summed E-state index contributed by atoms with van der Waals surface area (Å²) in [5.41, 5.74) is 1.31. The summed E-state index contributed by atoms with van der Waals surface area (Å²) >= 11 is 0. The fourth-order valence-corrected chi connectivity index (χ4v) is 2.64. The molecule has 19 heavy (non-hydrogen) atoms. The van der Waals surface area contributed by atoms with Gasteiger partial charge in [0.15, 0.2) is 23.3 Å². The summed E-state index contributed by atoms with van der Waals surface area (Å²) in [5.74, 6) is -4.65. The largest absolute Gasteiger partial charge is 0.271 e. The first-order valence-electron chi connectivity index (χ1n) is 5.96. The highest BCUT2D eigenvalue weighted by molar-refractivity contribution is 5.27. The average Bonchev–Trinajstić information content (AvgIpc) is 2.93. The van der Waals surface area contributed by atoms with E-state index in [1.807, 2.05) is 0 Å². The Labute approximate surface area is 106 Å². The molecular formula is C12H13F5N2. The summed E-state index contributed by atoms with van der Waals surface area (Å²) in [6, 6.07) is -1.08. The van der Waals surface area contributed by atoms with Gasteiger partial charge in [-0.2, -0.15) is 0 Å².